The molecule has 3 rings (SSSR count). The molecule has 0 spiro atoms. The first-order chi connectivity index (χ1) is 16.7. The number of aliphatic hydroxyl groups excluding tert-OH is 2. The molecule has 3 aromatic rings. The molecule has 35 heavy (non-hydrogen) atoms. The van der Waals surface area contributed by atoms with Gasteiger partial charge in [0.15, 0.2) is 11.9 Å². The van der Waals surface area contributed by atoms with Gasteiger partial charge < -0.3 is 14.9 Å². The summed E-state index contributed by atoms with van der Waals surface area (Å²) in [4.78, 5) is 23.5. The lowest BCUT2D eigenvalue weighted by Crippen LogP contribution is -2.39. The maximum atomic E-state index is 14.2. The van der Waals surface area contributed by atoms with Crippen molar-refractivity contribution in [1.82, 2.24) is 15.5 Å². The molecule has 0 bridgehead atoms. The molecule has 3 unspecified atom stereocenters. The van der Waals surface area contributed by atoms with Crippen LogP contribution in [0.4, 0.5) is 4.39 Å². The minimum Gasteiger partial charge on any atom is -0.464 e. The van der Waals surface area contributed by atoms with Crippen LogP contribution in [0.1, 0.15) is 48.2 Å². The maximum Gasteiger partial charge on any atom is 0.335 e. The molecule has 1 heterocycles. The van der Waals surface area contributed by atoms with Gasteiger partial charge in [0, 0.05) is 23.6 Å². The van der Waals surface area contributed by atoms with E-state index < -0.39 is 30.2 Å². The van der Waals surface area contributed by atoms with Crippen molar-refractivity contribution in [2.45, 2.75) is 45.1 Å². The SMILES string of the molecule is CCOC(=O)C(O)CC(Cc1ccc(-c2cc(Cl)ccc2F)cc1)NC(O)c1cc(C(C)=O)n[nH]1. The third-order valence-corrected chi connectivity index (χ3v) is 5.62. The predicted octanol–water partition coefficient (Wildman–Crippen LogP) is 3.58. The highest BCUT2D eigenvalue weighted by atomic mass is 35.5. The van der Waals surface area contributed by atoms with Crippen LogP contribution < -0.4 is 5.32 Å². The first-order valence-corrected chi connectivity index (χ1v) is 11.4. The zero-order valence-corrected chi connectivity index (χ0v) is 20.1. The van der Waals surface area contributed by atoms with Gasteiger partial charge in [0.25, 0.3) is 0 Å². The number of benzene rings is 2. The smallest absolute Gasteiger partial charge is 0.335 e. The van der Waals surface area contributed by atoms with Crippen LogP contribution >= 0.6 is 11.6 Å². The molecule has 0 radical (unpaired) electrons. The summed E-state index contributed by atoms with van der Waals surface area (Å²) in [5, 5.41) is 30.7. The van der Waals surface area contributed by atoms with Crippen LogP contribution in [-0.4, -0.2) is 50.9 Å². The fraction of sp³-hybridized carbons (Fsp3) is 0.320. The summed E-state index contributed by atoms with van der Waals surface area (Å²) in [5.74, 6) is -1.42. The Labute approximate surface area is 207 Å². The lowest BCUT2D eigenvalue weighted by atomic mass is 9.97. The lowest BCUT2D eigenvalue weighted by molar-refractivity contribution is -0.153. The minimum absolute atomic E-state index is 0.0474. The average Bonchev–Trinajstić information content (AvgIpc) is 3.32. The number of aromatic nitrogens is 2. The van der Waals surface area contributed by atoms with Gasteiger partial charge in [0.05, 0.1) is 12.3 Å². The number of H-pyrrole nitrogens is 1. The van der Waals surface area contributed by atoms with Gasteiger partial charge in [-0.2, -0.15) is 5.10 Å². The summed E-state index contributed by atoms with van der Waals surface area (Å²) < 4.78 is 19.1. The fourth-order valence-corrected chi connectivity index (χ4v) is 3.78. The second-order valence-electron chi connectivity index (χ2n) is 8.06. The van der Waals surface area contributed by atoms with Crippen molar-refractivity contribution in [1.29, 1.82) is 0 Å². The highest BCUT2D eigenvalue weighted by Gasteiger charge is 2.25. The molecule has 0 aliphatic rings. The molecular weight excluding hydrogens is 477 g/mol. The van der Waals surface area contributed by atoms with Crippen LogP contribution in [0.25, 0.3) is 11.1 Å². The second-order valence-corrected chi connectivity index (χ2v) is 8.50. The number of rotatable bonds is 11. The summed E-state index contributed by atoms with van der Waals surface area (Å²) in [7, 11) is 0. The van der Waals surface area contributed by atoms with Crippen molar-refractivity contribution in [3.63, 3.8) is 0 Å². The Morgan fingerprint density at radius 3 is 2.51 bits per heavy atom. The van der Waals surface area contributed by atoms with Crippen molar-refractivity contribution in [3.8, 4) is 11.1 Å². The van der Waals surface area contributed by atoms with E-state index in [0.29, 0.717) is 22.6 Å². The van der Waals surface area contributed by atoms with Crippen molar-refractivity contribution in [2.75, 3.05) is 6.61 Å². The number of carbonyl (C=O) groups is 2. The zero-order chi connectivity index (χ0) is 25.5. The molecule has 0 fully saturated rings. The first kappa shape index (κ1) is 26.5. The standard InChI is InChI=1S/C25H27ClFN3O5/c1-3-35-25(34)23(32)12-18(28-24(33)22-13-21(14(2)31)29-30-22)10-15-4-6-16(7-5-15)19-11-17(26)8-9-20(19)27/h4-9,11,13,18,23-24,28,32-33H,3,10,12H2,1-2H3,(H,29,30). The molecule has 0 saturated carbocycles. The van der Waals surface area contributed by atoms with E-state index in [9.17, 15) is 24.2 Å². The van der Waals surface area contributed by atoms with Crippen LogP contribution in [0, 0.1) is 5.82 Å². The van der Waals surface area contributed by atoms with Gasteiger partial charge in [-0.15, -0.1) is 0 Å². The molecule has 0 saturated heterocycles. The number of aliphatic hydroxyl groups is 2. The summed E-state index contributed by atoms with van der Waals surface area (Å²) in [6.45, 7) is 3.12. The third-order valence-electron chi connectivity index (χ3n) is 5.39. The molecule has 3 atom stereocenters. The Hall–Kier alpha value is -3.11. The minimum atomic E-state index is -1.41. The topological polar surface area (TPSA) is 125 Å². The zero-order valence-electron chi connectivity index (χ0n) is 19.3. The largest absolute Gasteiger partial charge is 0.464 e. The summed E-state index contributed by atoms with van der Waals surface area (Å²) in [5.41, 5.74) is 2.25. The maximum absolute atomic E-state index is 14.2. The van der Waals surface area contributed by atoms with Crippen LogP contribution in [-0.2, 0) is 16.0 Å². The Balaban J connectivity index is 1.78. The molecule has 0 aliphatic carbocycles. The monoisotopic (exact) mass is 503 g/mol. The van der Waals surface area contributed by atoms with E-state index in [2.05, 4.69) is 15.5 Å². The van der Waals surface area contributed by atoms with Gasteiger partial charge >= 0.3 is 5.97 Å². The predicted molar refractivity (Wildman–Crippen MR) is 128 cm³/mol. The second kappa shape index (κ2) is 12.0. The molecule has 4 N–H and O–H groups in total. The van der Waals surface area contributed by atoms with Gasteiger partial charge in [0.1, 0.15) is 17.7 Å². The van der Waals surface area contributed by atoms with Gasteiger partial charge in [-0.3, -0.25) is 15.2 Å². The number of aromatic amines is 1. The lowest BCUT2D eigenvalue weighted by Gasteiger charge is -2.24. The molecule has 0 aliphatic heterocycles. The van der Waals surface area contributed by atoms with Crippen molar-refractivity contribution >= 4 is 23.4 Å². The number of ketones is 1. The highest BCUT2D eigenvalue weighted by molar-refractivity contribution is 6.30. The average molecular weight is 504 g/mol. The Morgan fingerprint density at radius 1 is 1.17 bits per heavy atom. The molecular formula is C25H27ClFN3O5. The van der Waals surface area contributed by atoms with E-state index in [0.717, 1.165) is 5.56 Å². The third kappa shape index (κ3) is 7.19. The van der Waals surface area contributed by atoms with E-state index in [4.69, 9.17) is 16.3 Å². The van der Waals surface area contributed by atoms with E-state index in [1.54, 1.807) is 37.3 Å². The number of hydrogen-bond acceptors (Lipinski definition) is 7. The van der Waals surface area contributed by atoms with Crippen molar-refractivity contribution < 1.29 is 28.9 Å². The van der Waals surface area contributed by atoms with E-state index in [-0.39, 0.29) is 30.2 Å². The Morgan fingerprint density at radius 2 is 1.89 bits per heavy atom. The van der Waals surface area contributed by atoms with E-state index in [1.807, 2.05) is 0 Å². The number of Topliss-reactive ketones (excluding diaryl/α,β-unsaturated/α-hetero) is 1. The van der Waals surface area contributed by atoms with Crippen LogP contribution in [0.2, 0.25) is 5.02 Å². The van der Waals surface area contributed by atoms with E-state index >= 15 is 0 Å². The van der Waals surface area contributed by atoms with Crippen molar-refractivity contribution in [2.24, 2.45) is 0 Å². The molecule has 1 aromatic heterocycles. The Bertz CT molecular complexity index is 1170. The van der Waals surface area contributed by atoms with Crippen LogP contribution in [0.5, 0.6) is 0 Å². The highest BCUT2D eigenvalue weighted by Crippen LogP contribution is 2.27. The molecule has 2 aromatic carbocycles. The molecule has 8 nitrogen and oxygen atoms in total. The fourth-order valence-electron chi connectivity index (χ4n) is 3.61. The number of nitrogens with zero attached hydrogens (tertiary/aromatic N) is 1. The quantitative estimate of drug-likeness (QED) is 0.179. The number of carbonyl (C=O) groups excluding carboxylic acids is 2. The van der Waals surface area contributed by atoms with Crippen LogP contribution in [0.3, 0.4) is 0 Å². The number of ether oxygens (including phenoxy) is 1. The summed E-state index contributed by atoms with van der Waals surface area (Å²) in [6.07, 6.45) is -2.38. The first-order valence-electron chi connectivity index (χ1n) is 11.1. The Kier molecular flexibility index (Phi) is 9.11. The van der Waals surface area contributed by atoms with E-state index in [1.165, 1.54) is 25.1 Å². The summed E-state index contributed by atoms with van der Waals surface area (Å²) >= 11 is 6.00. The number of halogens is 2. The number of nitrogens with one attached hydrogen (secondary N) is 2. The van der Waals surface area contributed by atoms with Crippen molar-refractivity contribution in [3.05, 3.63) is 76.3 Å². The van der Waals surface area contributed by atoms with Gasteiger partial charge in [0.2, 0.25) is 0 Å². The van der Waals surface area contributed by atoms with Crippen LogP contribution in [0.15, 0.2) is 48.5 Å². The molecule has 186 valence electrons. The summed E-state index contributed by atoms with van der Waals surface area (Å²) in [6, 6.07) is 12.2. The van der Waals surface area contributed by atoms with Gasteiger partial charge in [-0.1, -0.05) is 35.9 Å². The molecule has 10 heteroatoms. The number of esters is 1. The molecule has 0 amide bonds. The van der Waals surface area contributed by atoms with Gasteiger partial charge in [-0.25, -0.2) is 9.18 Å². The normalized spacial score (nSPS) is 13.8. The number of hydrogen-bond donors (Lipinski definition) is 4. The van der Waals surface area contributed by atoms with Gasteiger partial charge in [-0.05, 0) is 55.2 Å².